The van der Waals surface area contributed by atoms with E-state index in [1.807, 2.05) is 20.8 Å². The monoisotopic (exact) mass is 327 g/mol. The lowest BCUT2D eigenvalue weighted by Gasteiger charge is -2.29. The van der Waals surface area contributed by atoms with Crippen molar-refractivity contribution in [2.75, 3.05) is 4.90 Å². The van der Waals surface area contributed by atoms with Crippen LogP contribution in [0.5, 0.6) is 0 Å². The maximum absolute atomic E-state index is 12.7. The Bertz CT molecular complexity index is 488. The second-order valence-corrected chi connectivity index (χ2v) is 6.65. The lowest BCUT2D eigenvalue weighted by atomic mass is 10.1. The van der Waals surface area contributed by atoms with Crippen LogP contribution in [0.15, 0.2) is 11.6 Å². The van der Waals surface area contributed by atoms with E-state index in [-0.39, 0.29) is 17.9 Å². The molecule has 0 radical (unpaired) electrons. The highest BCUT2D eigenvalue weighted by Gasteiger charge is 2.30. The third-order valence-electron chi connectivity index (χ3n) is 3.30. The van der Waals surface area contributed by atoms with Gasteiger partial charge in [0, 0.05) is 17.6 Å². The summed E-state index contributed by atoms with van der Waals surface area (Å²) in [6.07, 6.45) is 0.975. The number of hydrogen-bond donors (Lipinski definition) is 2. The van der Waals surface area contributed by atoms with Gasteiger partial charge in [-0.1, -0.05) is 20.8 Å². The number of aromatic nitrogens is 1. The molecule has 0 spiro atoms. The maximum Gasteiger partial charge on any atom is 0.251 e. The van der Waals surface area contributed by atoms with Crippen molar-refractivity contribution in [3.8, 4) is 0 Å². The van der Waals surface area contributed by atoms with Gasteiger partial charge in [-0.2, -0.15) is 0 Å². The topological polar surface area (TPSA) is 82.5 Å². The summed E-state index contributed by atoms with van der Waals surface area (Å²) in [5.74, 6) is -0.928. The molecule has 0 aromatic carbocycles. The molecule has 0 fully saturated rings. The first-order valence-corrected chi connectivity index (χ1v) is 8.38. The predicted octanol–water partition coefficient (Wildman–Crippen LogP) is 1.80. The lowest BCUT2D eigenvalue weighted by molar-refractivity contribution is -0.135. The van der Waals surface area contributed by atoms with Gasteiger partial charge in [0.25, 0.3) is 5.91 Å². The summed E-state index contributed by atoms with van der Waals surface area (Å²) in [6.45, 7) is 9.13. The minimum atomic E-state index is -1.12. The molecule has 0 saturated heterocycles. The van der Waals surface area contributed by atoms with Gasteiger partial charge >= 0.3 is 0 Å². The highest BCUT2D eigenvalue weighted by molar-refractivity contribution is 7.13. The van der Waals surface area contributed by atoms with Crippen LogP contribution in [0.4, 0.5) is 5.13 Å². The summed E-state index contributed by atoms with van der Waals surface area (Å²) in [7, 11) is 0. The van der Waals surface area contributed by atoms with Crippen LogP contribution in [0.1, 0.15) is 41.0 Å². The Kier molecular flexibility index (Phi) is 6.96. The quantitative estimate of drug-likeness (QED) is 0.800. The molecule has 2 unspecified atom stereocenters. The number of carbonyl (C=O) groups is 2. The Morgan fingerprint density at radius 1 is 1.36 bits per heavy atom. The smallest absolute Gasteiger partial charge is 0.251 e. The van der Waals surface area contributed by atoms with Gasteiger partial charge in [0.1, 0.15) is 12.1 Å². The minimum absolute atomic E-state index is 0.0698. The van der Waals surface area contributed by atoms with Crippen molar-refractivity contribution in [1.82, 2.24) is 10.3 Å². The molecule has 0 aliphatic carbocycles. The van der Waals surface area contributed by atoms with E-state index in [4.69, 9.17) is 0 Å². The highest BCUT2D eigenvalue weighted by atomic mass is 32.1. The van der Waals surface area contributed by atoms with Gasteiger partial charge < -0.3 is 10.4 Å². The average molecular weight is 327 g/mol. The zero-order valence-electron chi connectivity index (χ0n) is 13.7. The Balaban J connectivity index is 2.88. The molecule has 1 rings (SSSR count). The Labute approximate surface area is 135 Å². The van der Waals surface area contributed by atoms with Crippen LogP contribution in [-0.2, 0) is 9.59 Å². The summed E-state index contributed by atoms with van der Waals surface area (Å²) in [5.41, 5.74) is 0. The maximum atomic E-state index is 12.7. The van der Waals surface area contributed by atoms with Crippen molar-refractivity contribution in [1.29, 1.82) is 0 Å². The Morgan fingerprint density at radius 3 is 2.41 bits per heavy atom. The predicted molar refractivity (Wildman–Crippen MR) is 87.8 cm³/mol. The largest absolute Gasteiger partial charge is 0.383 e. The standard InChI is InChI=1S/C15H25N3O3S/c1-6-11(17-13(20)12(19)9(2)3)14(21)18(10(4)5)15-16-7-8-22-15/h7-12,19H,6H2,1-5H3,(H,17,20). The zero-order chi connectivity index (χ0) is 16.9. The average Bonchev–Trinajstić information content (AvgIpc) is 2.96. The van der Waals surface area contributed by atoms with E-state index in [1.165, 1.54) is 11.3 Å². The van der Waals surface area contributed by atoms with Crippen LogP contribution in [0, 0.1) is 5.92 Å². The number of nitrogens with one attached hydrogen (secondary N) is 1. The molecular weight excluding hydrogens is 302 g/mol. The summed E-state index contributed by atoms with van der Waals surface area (Å²) >= 11 is 1.38. The number of anilines is 1. The number of rotatable bonds is 7. The first-order valence-electron chi connectivity index (χ1n) is 7.50. The molecule has 0 aliphatic rings. The summed E-state index contributed by atoms with van der Waals surface area (Å²) in [6, 6.07) is -0.744. The van der Waals surface area contributed by atoms with Gasteiger partial charge in [0.05, 0.1) is 0 Å². The molecular formula is C15H25N3O3S. The molecule has 1 heterocycles. The fraction of sp³-hybridized carbons (Fsp3) is 0.667. The summed E-state index contributed by atoms with van der Waals surface area (Å²) in [4.78, 5) is 30.5. The number of thiazole rings is 1. The lowest BCUT2D eigenvalue weighted by Crippen LogP contribution is -2.53. The van der Waals surface area contributed by atoms with Crippen LogP contribution in [0.2, 0.25) is 0 Å². The first-order chi connectivity index (χ1) is 10.3. The normalized spacial score (nSPS) is 14.0. The third-order valence-corrected chi connectivity index (χ3v) is 4.07. The van der Waals surface area contributed by atoms with Gasteiger partial charge in [0.2, 0.25) is 5.91 Å². The van der Waals surface area contributed by atoms with Crippen LogP contribution in [-0.4, -0.2) is 40.1 Å². The molecule has 7 heteroatoms. The molecule has 2 atom stereocenters. The van der Waals surface area contributed by atoms with Crippen molar-refractivity contribution in [2.24, 2.45) is 5.92 Å². The zero-order valence-corrected chi connectivity index (χ0v) is 14.6. The molecule has 1 aromatic rings. The first kappa shape index (κ1) is 18.6. The fourth-order valence-corrected chi connectivity index (χ4v) is 2.75. The van der Waals surface area contributed by atoms with Crippen molar-refractivity contribution < 1.29 is 14.7 Å². The molecule has 0 bridgehead atoms. The van der Waals surface area contributed by atoms with Gasteiger partial charge in [-0.3, -0.25) is 14.5 Å². The number of aliphatic hydroxyl groups excluding tert-OH is 1. The van der Waals surface area contributed by atoms with Gasteiger partial charge in [-0.05, 0) is 26.2 Å². The van der Waals surface area contributed by atoms with Crippen LogP contribution in [0.3, 0.4) is 0 Å². The van der Waals surface area contributed by atoms with Crippen LogP contribution >= 0.6 is 11.3 Å². The number of nitrogens with zero attached hydrogens (tertiary/aromatic N) is 2. The summed E-state index contributed by atoms with van der Waals surface area (Å²) in [5, 5.41) is 14.9. The second kappa shape index (κ2) is 8.24. The van der Waals surface area contributed by atoms with Gasteiger partial charge in [-0.25, -0.2) is 4.98 Å². The van der Waals surface area contributed by atoms with Crippen molar-refractivity contribution in [3.63, 3.8) is 0 Å². The molecule has 6 nitrogen and oxygen atoms in total. The van der Waals surface area contributed by atoms with E-state index in [0.717, 1.165) is 0 Å². The molecule has 2 amide bonds. The second-order valence-electron chi connectivity index (χ2n) is 5.77. The van der Waals surface area contributed by atoms with Crippen LogP contribution in [0.25, 0.3) is 0 Å². The fourth-order valence-electron chi connectivity index (χ4n) is 1.97. The van der Waals surface area contributed by atoms with E-state index >= 15 is 0 Å². The van der Waals surface area contributed by atoms with Gasteiger partial charge in [0.15, 0.2) is 5.13 Å². The number of carbonyl (C=O) groups excluding carboxylic acids is 2. The van der Waals surface area contributed by atoms with Crippen molar-refractivity contribution >= 4 is 28.3 Å². The van der Waals surface area contributed by atoms with E-state index in [9.17, 15) is 14.7 Å². The van der Waals surface area contributed by atoms with E-state index in [1.54, 1.807) is 30.3 Å². The molecule has 0 aliphatic heterocycles. The van der Waals surface area contributed by atoms with Gasteiger partial charge in [-0.15, -0.1) is 11.3 Å². The van der Waals surface area contributed by atoms with E-state index in [2.05, 4.69) is 10.3 Å². The SMILES string of the molecule is CCC(NC(=O)C(O)C(C)C)C(=O)N(c1nccs1)C(C)C. The Morgan fingerprint density at radius 2 is 2.00 bits per heavy atom. The van der Waals surface area contributed by atoms with E-state index in [0.29, 0.717) is 11.6 Å². The number of aliphatic hydroxyl groups is 1. The summed E-state index contributed by atoms with van der Waals surface area (Å²) < 4.78 is 0. The Hall–Kier alpha value is -1.47. The molecule has 22 heavy (non-hydrogen) atoms. The molecule has 0 saturated carbocycles. The molecule has 124 valence electrons. The highest BCUT2D eigenvalue weighted by Crippen LogP contribution is 2.21. The number of hydrogen-bond acceptors (Lipinski definition) is 5. The van der Waals surface area contributed by atoms with E-state index < -0.39 is 18.1 Å². The van der Waals surface area contributed by atoms with Crippen molar-refractivity contribution in [2.45, 2.75) is 59.2 Å². The number of amides is 2. The van der Waals surface area contributed by atoms with Crippen molar-refractivity contribution in [3.05, 3.63) is 11.6 Å². The van der Waals surface area contributed by atoms with Crippen LogP contribution < -0.4 is 10.2 Å². The molecule has 2 N–H and O–H groups in total. The third kappa shape index (κ3) is 4.51. The molecule has 1 aromatic heterocycles. The minimum Gasteiger partial charge on any atom is -0.383 e.